The van der Waals surface area contributed by atoms with Crippen LogP contribution in [0.3, 0.4) is 0 Å². The molecule has 23 heavy (non-hydrogen) atoms. The lowest BCUT2D eigenvalue weighted by Gasteiger charge is -2.16. The van der Waals surface area contributed by atoms with Gasteiger partial charge in [0.25, 0.3) is 0 Å². The predicted molar refractivity (Wildman–Crippen MR) is 88.5 cm³/mol. The number of anilines is 1. The molecule has 2 rings (SSSR count). The number of nitrogens with zero attached hydrogens (tertiary/aromatic N) is 3. The average Bonchev–Trinajstić information content (AvgIpc) is 3.08. The fourth-order valence-corrected chi connectivity index (χ4v) is 2.40. The van der Waals surface area contributed by atoms with E-state index in [9.17, 15) is 4.79 Å². The van der Waals surface area contributed by atoms with Gasteiger partial charge in [0.05, 0.1) is 18.1 Å². The predicted octanol–water partition coefficient (Wildman–Crippen LogP) is 2.19. The number of urea groups is 1. The van der Waals surface area contributed by atoms with Crippen molar-refractivity contribution in [3.8, 4) is 5.69 Å². The number of carbonyl (C=O) groups is 1. The van der Waals surface area contributed by atoms with Crippen molar-refractivity contribution >= 4 is 11.7 Å². The summed E-state index contributed by atoms with van der Waals surface area (Å²) in [6.45, 7) is 2.82. The third-order valence-electron chi connectivity index (χ3n) is 3.60. The van der Waals surface area contributed by atoms with Gasteiger partial charge in [-0.15, -0.1) is 5.10 Å². The molecule has 0 radical (unpaired) electrons. The molecule has 1 heterocycles. The van der Waals surface area contributed by atoms with Gasteiger partial charge in [0.1, 0.15) is 0 Å². The number of carbonyl (C=O) groups excluding carboxylic acids is 1. The van der Waals surface area contributed by atoms with E-state index in [2.05, 4.69) is 27.9 Å². The van der Waals surface area contributed by atoms with Crippen LogP contribution in [0.5, 0.6) is 0 Å². The molecule has 7 nitrogen and oxygen atoms in total. The summed E-state index contributed by atoms with van der Waals surface area (Å²) in [6, 6.07) is 7.10. The second-order valence-corrected chi connectivity index (χ2v) is 5.40. The lowest BCUT2D eigenvalue weighted by molar-refractivity contribution is 0.237. The number of hydrogen-bond donors (Lipinski definition) is 3. The molecule has 7 heteroatoms. The third kappa shape index (κ3) is 5.37. The summed E-state index contributed by atoms with van der Waals surface area (Å²) in [6.07, 6.45) is 6.11. The van der Waals surface area contributed by atoms with E-state index in [-0.39, 0.29) is 12.6 Å². The van der Waals surface area contributed by atoms with Crippen LogP contribution in [0, 0.1) is 5.92 Å². The number of aromatic nitrogens is 3. The highest BCUT2D eigenvalue weighted by Crippen LogP contribution is 2.13. The number of aliphatic hydroxyl groups excluding tert-OH is 1. The molecule has 1 aromatic carbocycles. The van der Waals surface area contributed by atoms with Crippen LogP contribution >= 0.6 is 0 Å². The van der Waals surface area contributed by atoms with Gasteiger partial charge in [0.2, 0.25) is 0 Å². The first-order valence-corrected chi connectivity index (χ1v) is 7.85. The lowest BCUT2D eigenvalue weighted by Crippen LogP contribution is -2.33. The summed E-state index contributed by atoms with van der Waals surface area (Å²) < 4.78 is 1.65. The van der Waals surface area contributed by atoms with Gasteiger partial charge in [-0.3, -0.25) is 0 Å². The molecule has 0 bridgehead atoms. The highest BCUT2D eigenvalue weighted by molar-refractivity contribution is 5.89. The largest absolute Gasteiger partial charge is 0.396 e. The first-order valence-electron chi connectivity index (χ1n) is 7.85. The van der Waals surface area contributed by atoms with Crippen molar-refractivity contribution in [2.45, 2.75) is 26.2 Å². The zero-order valence-corrected chi connectivity index (χ0v) is 13.3. The van der Waals surface area contributed by atoms with E-state index in [1.165, 1.54) is 0 Å². The molecule has 0 fully saturated rings. The Bertz CT molecular complexity index is 577. The number of benzene rings is 1. The van der Waals surface area contributed by atoms with Gasteiger partial charge < -0.3 is 15.7 Å². The smallest absolute Gasteiger partial charge is 0.319 e. The molecule has 3 N–H and O–H groups in total. The van der Waals surface area contributed by atoms with Crippen LogP contribution < -0.4 is 10.6 Å². The van der Waals surface area contributed by atoms with Gasteiger partial charge in [-0.05, 0) is 43.0 Å². The molecule has 1 atom stereocenters. The van der Waals surface area contributed by atoms with Gasteiger partial charge in [-0.2, -0.15) is 0 Å². The molecule has 0 aliphatic carbocycles. The minimum atomic E-state index is -0.238. The highest BCUT2D eigenvalue weighted by atomic mass is 16.3. The van der Waals surface area contributed by atoms with Gasteiger partial charge >= 0.3 is 6.03 Å². The van der Waals surface area contributed by atoms with Crippen molar-refractivity contribution in [3.63, 3.8) is 0 Å². The summed E-state index contributed by atoms with van der Waals surface area (Å²) in [5.74, 6) is 0.311. The Kier molecular flexibility index (Phi) is 6.56. The Morgan fingerprint density at radius 1 is 1.30 bits per heavy atom. The Labute approximate surface area is 135 Å². The number of amides is 2. The molecule has 1 unspecified atom stereocenters. The quantitative estimate of drug-likeness (QED) is 0.696. The highest BCUT2D eigenvalue weighted by Gasteiger charge is 2.09. The maximum Gasteiger partial charge on any atom is 0.319 e. The fourth-order valence-electron chi connectivity index (χ4n) is 2.40. The van der Waals surface area contributed by atoms with Crippen LogP contribution in [0.15, 0.2) is 36.7 Å². The van der Waals surface area contributed by atoms with E-state index < -0.39 is 0 Å². The Balaban J connectivity index is 1.83. The topological polar surface area (TPSA) is 92.1 Å². The summed E-state index contributed by atoms with van der Waals surface area (Å²) in [5, 5.41) is 22.3. The van der Waals surface area contributed by atoms with E-state index in [4.69, 9.17) is 5.11 Å². The number of nitrogens with one attached hydrogen (secondary N) is 2. The van der Waals surface area contributed by atoms with E-state index in [0.717, 1.165) is 18.5 Å². The Morgan fingerprint density at radius 2 is 2.09 bits per heavy atom. The molecule has 2 amide bonds. The summed E-state index contributed by atoms with van der Waals surface area (Å²) in [5.41, 5.74) is 1.58. The van der Waals surface area contributed by atoms with Gasteiger partial charge in [-0.1, -0.05) is 18.6 Å². The molecule has 0 saturated carbocycles. The van der Waals surface area contributed by atoms with Gasteiger partial charge in [-0.25, -0.2) is 9.48 Å². The second kappa shape index (κ2) is 8.89. The maximum absolute atomic E-state index is 11.9. The molecule has 0 aliphatic rings. The van der Waals surface area contributed by atoms with Gasteiger partial charge in [0.15, 0.2) is 0 Å². The van der Waals surface area contributed by atoms with E-state index in [1.54, 1.807) is 17.1 Å². The zero-order chi connectivity index (χ0) is 16.5. The fraction of sp³-hybridized carbons (Fsp3) is 0.438. The Hall–Kier alpha value is -2.41. The van der Waals surface area contributed by atoms with Crippen LogP contribution in [-0.2, 0) is 0 Å². The first kappa shape index (κ1) is 17.0. The molecule has 124 valence electrons. The molecular formula is C16H23N5O2. The summed E-state index contributed by atoms with van der Waals surface area (Å²) in [4.78, 5) is 11.9. The van der Waals surface area contributed by atoms with Crippen LogP contribution in [-0.4, -0.2) is 39.3 Å². The van der Waals surface area contributed by atoms with Gasteiger partial charge in [0, 0.05) is 18.8 Å². The number of rotatable bonds is 8. The van der Waals surface area contributed by atoms with Crippen LogP contribution in [0.2, 0.25) is 0 Å². The summed E-state index contributed by atoms with van der Waals surface area (Å²) in [7, 11) is 0. The minimum Gasteiger partial charge on any atom is -0.396 e. The SMILES string of the molecule is CCCC(CCO)CNC(=O)Nc1ccc(-n2ccnn2)cc1. The molecule has 0 saturated heterocycles. The Morgan fingerprint density at radius 3 is 2.70 bits per heavy atom. The van der Waals surface area contributed by atoms with E-state index >= 15 is 0 Å². The van der Waals surface area contributed by atoms with Crippen molar-refractivity contribution < 1.29 is 9.90 Å². The van der Waals surface area contributed by atoms with Crippen LogP contribution in [0.1, 0.15) is 26.2 Å². The number of aliphatic hydroxyl groups is 1. The molecule has 2 aromatic rings. The zero-order valence-electron chi connectivity index (χ0n) is 13.3. The summed E-state index contributed by atoms with van der Waals surface area (Å²) >= 11 is 0. The molecule has 0 aliphatic heterocycles. The normalized spacial score (nSPS) is 11.9. The molecule has 0 spiro atoms. The number of hydrogen-bond acceptors (Lipinski definition) is 4. The van der Waals surface area contributed by atoms with Crippen molar-refractivity contribution in [1.29, 1.82) is 0 Å². The van der Waals surface area contributed by atoms with Crippen molar-refractivity contribution in [3.05, 3.63) is 36.7 Å². The monoisotopic (exact) mass is 317 g/mol. The second-order valence-electron chi connectivity index (χ2n) is 5.40. The standard InChI is InChI=1S/C16H23N5O2/c1-2-3-13(8-11-22)12-17-16(23)19-14-4-6-15(7-5-14)21-10-9-18-20-21/h4-7,9-10,13,22H,2-3,8,11-12H2,1H3,(H2,17,19,23). The average molecular weight is 317 g/mol. The van der Waals surface area contributed by atoms with Crippen molar-refractivity contribution in [2.75, 3.05) is 18.5 Å². The third-order valence-corrected chi connectivity index (χ3v) is 3.60. The van der Waals surface area contributed by atoms with Crippen LogP contribution in [0.4, 0.5) is 10.5 Å². The molecular weight excluding hydrogens is 294 g/mol. The van der Waals surface area contributed by atoms with E-state index in [1.807, 2.05) is 24.3 Å². The van der Waals surface area contributed by atoms with Crippen molar-refractivity contribution in [1.82, 2.24) is 20.3 Å². The first-order chi connectivity index (χ1) is 11.2. The van der Waals surface area contributed by atoms with E-state index in [0.29, 0.717) is 24.6 Å². The minimum absolute atomic E-state index is 0.151. The lowest BCUT2D eigenvalue weighted by atomic mass is 10.0. The van der Waals surface area contributed by atoms with Crippen LogP contribution in [0.25, 0.3) is 5.69 Å². The molecule has 1 aromatic heterocycles. The maximum atomic E-state index is 11.9. The van der Waals surface area contributed by atoms with Crippen molar-refractivity contribution in [2.24, 2.45) is 5.92 Å².